The fourth-order valence-corrected chi connectivity index (χ4v) is 1.64. The second-order valence-electron chi connectivity index (χ2n) is 3.63. The standard InChI is InChI=1S/C12H12ClN3O2/c1-14-11-5-9(4-10(13)16-11)12(17)15-6-8-2-3-18-7-8/h2-5,7H,6H2,1H3,(H,14,16)(H,15,17). The van der Waals surface area contributed by atoms with E-state index in [0.717, 1.165) is 5.56 Å². The largest absolute Gasteiger partial charge is 0.472 e. The minimum Gasteiger partial charge on any atom is -0.472 e. The van der Waals surface area contributed by atoms with Gasteiger partial charge in [0.1, 0.15) is 11.0 Å². The first kappa shape index (κ1) is 12.4. The molecular weight excluding hydrogens is 254 g/mol. The van der Waals surface area contributed by atoms with Crippen LogP contribution in [0.25, 0.3) is 0 Å². The maximum absolute atomic E-state index is 11.9. The van der Waals surface area contributed by atoms with Crippen molar-refractivity contribution in [2.24, 2.45) is 0 Å². The summed E-state index contributed by atoms with van der Waals surface area (Å²) in [6, 6.07) is 4.95. The molecule has 0 saturated carbocycles. The van der Waals surface area contributed by atoms with Crippen LogP contribution in [0.2, 0.25) is 5.15 Å². The van der Waals surface area contributed by atoms with Crippen molar-refractivity contribution in [2.45, 2.75) is 6.54 Å². The smallest absolute Gasteiger partial charge is 0.251 e. The van der Waals surface area contributed by atoms with Crippen LogP contribution in [0, 0.1) is 0 Å². The molecule has 0 atom stereocenters. The molecule has 2 N–H and O–H groups in total. The van der Waals surface area contributed by atoms with Crippen molar-refractivity contribution in [1.82, 2.24) is 10.3 Å². The lowest BCUT2D eigenvalue weighted by Crippen LogP contribution is -2.22. The summed E-state index contributed by atoms with van der Waals surface area (Å²) in [6.45, 7) is 0.407. The van der Waals surface area contributed by atoms with Crippen LogP contribution in [-0.2, 0) is 6.54 Å². The van der Waals surface area contributed by atoms with Crippen molar-refractivity contribution in [2.75, 3.05) is 12.4 Å². The summed E-state index contributed by atoms with van der Waals surface area (Å²) >= 11 is 5.83. The first-order valence-corrected chi connectivity index (χ1v) is 5.71. The first-order chi connectivity index (χ1) is 8.69. The number of hydrogen-bond donors (Lipinski definition) is 2. The Labute approximate surface area is 109 Å². The molecule has 0 aliphatic heterocycles. The Kier molecular flexibility index (Phi) is 3.84. The molecule has 0 aliphatic rings. The van der Waals surface area contributed by atoms with Gasteiger partial charge in [-0.05, 0) is 18.2 Å². The van der Waals surface area contributed by atoms with E-state index in [4.69, 9.17) is 16.0 Å². The van der Waals surface area contributed by atoms with Crippen LogP contribution in [0.1, 0.15) is 15.9 Å². The number of rotatable bonds is 4. The molecule has 18 heavy (non-hydrogen) atoms. The molecule has 6 heteroatoms. The predicted octanol–water partition coefficient (Wildman–Crippen LogP) is 2.30. The lowest BCUT2D eigenvalue weighted by molar-refractivity contribution is 0.0951. The fourth-order valence-electron chi connectivity index (χ4n) is 1.43. The highest BCUT2D eigenvalue weighted by atomic mass is 35.5. The number of aromatic nitrogens is 1. The third kappa shape index (κ3) is 3.01. The summed E-state index contributed by atoms with van der Waals surface area (Å²) in [5.41, 5.74) is 1.36. The molecule has 0 saturated heterocycles. The van der Waals surface area contributed by atoms with E-state index in [0.29, 0.717) is 17.9 Å². The van der Waals surface area contributed by atoms with Crippen molar-refractivity contribution < 1.29 is 9.21 Å². The third-order valence-electron chi connectivity index (χ3n) is 2.35. The Hall–Kier alpha value is -2.01. The monoisotopic (exact) mass is 265 g/mol. The van der Waals surface area contributed by atoms with Crippen LogP contribution in [0.15, 0.2) is 35.1 Å². The van der Waals surface area contributed by atoms with Crippen LogP contribution in [0.5, 0.6) is 0 Å². The van der Waals surface area contributed by atoms with Gasteiger partial charge in [-0.25, -0.2) is 4.98 Å². The molecule has 0 radical (unpaired) electrons. The number of amides is 1. The van der Waals surface area contributed by atoms with E-state index in [1.165, 1.54) is 6.07 Å². The second kappa shape index (κ2) is 5.55. The van der Waals surface area contributed by atoms with Crippen LogP contribution in [0.4, 0.5) is 5.82 Å². The molecule has 0 fully saturated rings. The minimum absolute atomic E-state index is 0.211. The second-order valence-corrected chi connectivity index (χ2v) is 4.02. The Balaban J connectivity index is 2.06. The van der Waals surface area contributed by atoms with E-state index in [2.05, 4.69) is 15.6 Å². The highest BCUT2D eigenvalue weighted by Crippen LogP contribution is 2.14. The van der Waals surface area contributed by atoms with Gasteiger partial charge in [0.05, 0.1) is 12.5 Å². The average molecular weight is 266 g/mol. The number of nitrogens with one attached hydrogen (secondary N) is 2. The number of carbonyl (C=O) groups is 1. The number of furan rings is 1. The molecular formula is C12H12ClN3O2. The van der Waals surface area contributed by atoms with Crippen LogP contribution >= 0.6 is 11.6 Å². The van der Waals surface area contributed by atoms with Gasteiger partial charge < -0.3 is 15.1 Å². The summed E-state index contributed by atoms with van der Waals surface area (Å²) in [4.78, 5) is 15.9. The van der Waals surface area contributed by atoms with Crippen molar-refractivity contribution in [1.29, 1.82) is 0 Å². The number of hydrogen-bond acceptors (Lipinski definition) is 4. The van der Waals surface area contributed by atoms with Crippen molar-refractivity contribution in [3.63, 3.8) is 0 Å². The molecule has 0 aliphatic carbocycles. The lowest BCUT2D eigenvalue weighted by Gasteiger charge is -2.06. The molecule has 2 rings (SSSR count). The van der Waals surface area contributed by atoms with E-state index in [1.54, 1.807) is 31.7 Å². The number of anilines is 1. The van der Waals surface area contributed by atoms with Crippen LogP contribution in [0.3, 0.4) is 0 Å². The molecule has 0 bridgehead atoms. The van der Waals surface area contributed by atoms with Crippen molar-refractivity contribution in [3.8, 4) is 0 Å². The quantitative estimate of drug-likeness (QED) is 0.833. The molecule has 0 unspecified atom stereocenters. The Morgan fingerprint density at radius 3 is 3.00 bits per heavy atom. The first-order valence-electron chi connectivity index (χ1n) is 5.33. The molecule has 94 valence electrons. The summed E-state index contributed by atoms with van der Waals surface area (Å²) in [7, 11) is 1.71. The van der Waals surface area contributed by atoms with E-state index < -0.39 is 0 Å². The third-order valence-corrected chi connectivity index (χ3v) is 2.54. The van der Waals surface area contributed by atoms with Crippen LogP contribution in [-0.4, -0.2) is 17.9 Å². The zero-order valence-electron chi connectivity index (χ0n) is 9.74. The minimum atomic E-state index is -0.211. The van der Waals surface area contributed by atoms with Gasteiger partial charge in [-0.1, -0.05) is 11.6 Å². The topological polar surface area (TPSA) is 67.2 Å². The van der Waals surface area contributed by atoms with Gasteiger partial charge >= 0.3 is 0 Å². The molecule has 2 aromatic heterocycles. The zero-order valence-corrected chi connectivity index (χ0v) is 10.5. The summed E-state index contributed by atoms with van der Waals surface area (Å²) in [5.74, 6) is 0.341. The number of pyridine rings is 1. The number of halogens is 1. The zero-order chi connectivity index (χ0) is 13.0. The lowest BCUT2D eigenvalue weighted by atomic mass is 10.2. The van der Waals surface area contributed by atoms with Crippen molar-refractivity contribution in [3.05, 3.63) is 47.0 Å². The Morgan fingerprint density at radius 2 is 2.33 bits per heavy atom. The average Bonchev–Trinajstić information content (AvgIpc) is 2.88. The molecule has 1 amide bonds. The van der Waals surface area contributed by atoms with Gasteiger partial charge in [0.2, 0.25) is 0 Å². The van der Waals surface area contributed by atoms with Gasteiger partial charge in [0, 0.05) is 24.7 Å². The highest BCUT2D eigenvalue weighted by Gasteiger charge is 2.08. The summed E-state index contributed by atoms with van der Waals surface area (Å²) in [6.07, 6.45) is 3.14. The Bertz CT molecular complexity index is 540. The van der Waals surface area contributed by atoms with E-state index in [1.807, 2.05) is 0 Å². The fraction of sp³-hybridized carbons (Fsp3) is 0.167. The van der Waals surface area contributed by atoms with Gasteiger partial charge in [0.15, 0.2) is 0 Å². The molecule has 0 spiro atoms. The van der Waals surface area contributed by atoms with E-state index >= 15 is 0 Å². The maximum atomic E-state index is 11.9. The number of carbonyl (C=O) groups excluding carboxylic acids is 1. The molecule has 2 aromatic rings. The SMILES string of the molecule is CNc1cc(C(=O)NCc2ccoc2)cc(Cl)n1. The molecule has 0 aromatic carbocycles. The highest BCUT2D eigenvalue weighted by molar-refractivity contribution is 6.29. The Morgan fingerprint density at radius 1 is 1.50 bits per heavy atom. The summed E-state index contributed by atoms with van der Waals surface area (Å²) < 4.78 is 4.92. The van der Waals surface area contributed by atoms with Gasteiger partial charge in [-0.15, -0.1) is 0 Å². The van der Waals surface area contributed by atoms with Crippen LogP contribution < -0.4 is 10.6 Å². The maximum Gasteiger partial charge on any atom is 0.251 e. The predicted molar refractivity (Wildman–Crippen MR) is 68.7 cm³/mol. The van der Waals surface area contributed by atoms with Gasteiger partial charge in [-0.2, -0.15) is 0 Å². The normalized spacial score (nSPS) is 10.1. The van der Waals surface area contributed by atoms with Crippen molar-refractivity contribution >= 4 is 23.3 Å². The van der Waals surface area contributed by atoms with Gasteiger partial charge in [0.25, 0.3) is 5.91 Å². The molecule has 5 nitrogen and oxygen atoms in total. The molecule has 2 heterocycles. The van der Waals surface area contributed by atoms with E-state index in [9.17, 15) is 4.79 Å². The summed E-state index contributed by atoms with van der Waals surface area (Å²) in [5, 5.41) is 5.88. The van der Waals surface area contributed by atoms with E-state index in [-0.39, 0.29) is 11.1 Å². The number of nitrogens with zero attached hydrogens (tertiary/aromatic N) is 1. The van der Waals surface area contributed by atoms with Gasteiger partial charge in [-0.3, -0.25) is 4.79 Å².